The molecule has 1 saturated heterocycles. The van der Waals surface area contributed by atoms with Gasteiger partial charge in [-0.05, 0) is 37.1 Å². The number of nitrogens with one attached hydrogen (secondary N) is 1. The van der Waals surface area contributed by atoms with Crippen LogP contribution in [-0.4, -0.2) is 35.4 Å². The standard InChI is InChI=1S/C15H19F3N2O/c1-3-14(21)20-7-6-12(9-20)19-13-8-11(15(16,17)18)5-4-10(13)2/h3-5,8,12,14,19,21H,1,6-7,9H2,2H3/t12-,14?/m0/s1. The summed E-state index contributed by atoms with van der Waals surface area (Å²) >= 11 is 0. The molecule has 0 bridgehead atoms. The molecule has 0 saturated carbocycles. The minimum atomic E-state index is -4.34. The van der Waals surface area contributed by atoms with Crippen LogP contribution in [0.2, 0.25) is 0 Å². The van der Waals surface area contributed by atoms with E-state index in [1.807, 2.05) is 4.90 Å². The lowest BCUT2D eigenvalue weighted by Gasteiger charge is -2.21. The second-order valence-corrected chi connectivity index (χ2v) is 5.30. The molecule has 0 aromatic heterocycles. The molecule has 21 heavy (non-hydrogen) atoms. The maximum atomic E-state index is 12.7. The van der Waals surface area contributed by atoms with Gasteiger partial charge in [-0.25, -0.2) is 0 Å². The second-order valence-electron chi connectivity index (χ2n) is 5.30. The van der Waals surface area contributed by atoms with Gasteiger partial charge in [0.25, 0.3) is 0 Å². The summed E-state index contributed by atoms with van der Waals surface area (Å²) in [6.07, 6.45) is -2.84. The van der Waals surface area contributed by atoms with E-state index in [0.717, 1.165) is 24.1 Å². The van der Waals surface area contributed by atoms with Crippen molar-refractivity contribution in [1.82, 2.24) is 4.90 Å². The molecule has 2 N–H and O–H groups in total. The van der Waals surface area contributed by atoms with Gasteiger partial charge in [0.1, 0.15) is 6.23 Å². The number of aliphatic hydroxyl groups excluding tert-OH is 1. The quantitative estimate of drug-likeness (QED) is 0.839. The first-order chi connectivity index (χ1) is 9.81. The van der Waals surface area contributed by atoms with Gasteiger partial charge in [-0.2, -0.15) is 13.2 Å². The number of aryl methyl sites for hydroxylation is 1. The summed E-state index contributed by atoms with van der Waals surface area (Å²) < 4.78 is 38.2. The van der Waals surface area contributed by atoms with Crippen molar-refractivity contribution in [3.8, 4) is 0 Å². The van der Waals surface area contributed by atoms with Crippen molar-refractivity contribution in [1.29, 1.82) is 0 Å². The molecule has 2 atom stereocenters. The molecule has 1 fully saturated rings. The molecule has 0 amide bonds. The van der Waals surface area contributed by atoms with Crippen molar-refractivity contribution < 1.29 is 18.3 Å². The number of anilines is 1. The first kappa shape index (κ1) is 15.9. The van der Waals surface area contributed by atoms with Gasteiger partial charge in [-0.3, -0.25) is 4.90 Å². The Kier molecular flexibility index (Phi) is 4.58. The summed E-state index contributed by atoms with van der Waals surface area (Å²) in [6.45, 7) is 6.56. The minimum Gasteiger partial charge on any atom is -0.381 e. The highest BCUT2D eigenvalue weighted by atomic mass is 19.4. The van der Waals surface area contributed by atoms with E-state index in [0.29, 0.717) is 18.8 Å². The summed E-state index contributed by atoms with van der Waals surface area (Å²) in [6, 6.07) is 3.71. The fourth-order valence-corrected chi connectivity index (χ4v) is 2.47. The van der Waals surface area contributed by atoms with Gasteiger partial charge in [0.2, 0.25) is 0 Å². The Bertz CT molecular complexity index is 516. The Hall–Kier alpha value is -1.53. The van der Waals surface area contributed by atoms with Crippen LogP contribution in [0.25, 0.3) is 0 Å². The lowest BCUT2D eigenvalue weighted by atomic mass is 10.1. The van der Waals surface area contributed by atoms with Gasteiger partial charge >= 0.3 is 6.18 Å². The molecule has 1 aromatic rings. The van der Waals surface area contributed by atoms with Crippen molar-refractivity contribution >= 4 is 5.69 Å². The van der Waals surface area contributed by atoms with E-state index in [9.17, 15) is 18.3 Å². The third kappa shape index (κ3) is 3.77. The first-order valence-electron chi connectivity index (χ1n) is 6.80. The number of rotatable bonds is 4. The molecule has 0 spiro atoms. The fourth-order valence-electron chi connectivity index (χ4n) is 2.47. The zero-order chi connectivity index (χ0) is 15.6. The van der Waals surface area contributed by atoms with E-state index >= 15 is 0 Å². The van der Waals surface area contributed by atoms with Crippen LogP contribution in [0.1, 0.15) is 17.5 Å². The lowest BCUT2D eigenvalue weighted by Crippen LogP contribution is -2.33. The molecule has 1 aliphatic heterocycles. The average Bonchev–Trinajstić information content (AvgIpc) is 2.87. The van der Waals surface area contributed by atoms with E-state index in [1.165, 1.54) is 12.1 Å². The van der Waals surface area contributed by atoms with Crippen molar-refractivity contribution in [2.45, 2.75) is 31.8 Å². The number of hydrogen-bond acceptors (Lipinski definition) is 3. The summed E-state index contributed by atoms with van der Waals surface area (Å²) in [5, 5.41) is 12.8. The van der Waals surface area contributed by atoms with Crippen LogP contribution in [0.3, 0.4) is 0 Å². The van der Waals surface area contributed by atoms with Crippen molar-refractivity contribution in [2.75, 3.05) is 18.4 Å². The number of halogens is 3. The Balaban J connectivity index is 2.08. The Morgan fingerprint density at radius 2 is 2.19 bits per heavy atom. The van der Waals surface area contributed by atoms with Crippen LogP contribution in [0, 0.1) is 6.92 Å². The molecule has 1 aliphatic rings. The first-order valence-corrected chi connectivity index (χ1v) is 6.80. The van der Waals surface area contributed by atoms with Crippen LogP contribution in [0.4, 0.5) is 18.9 Å². The van der Waals surface area contributed by atoms with Gasteiger partial charge < -0.3 is 10.4 Å². The Morgan fingerprint density at radius 3 is 2.81 bits per heavy atom. The number of aliphatic hydroxyl groups is 1. The molecule has 0 radical (unpaired) electrons. The van der Waals surface area contributed by atoms with Crippen molar-refractivity contribution in [3.05, 3.63) is 42.0 Å². The summed E-state index contributed by atoms with van der Waals surface area (Å²) in [5.41, 5.74) is 0.604. The number of alkyl halides is 3. The third-order valence-electron chi connectivity index (χ3n) is 3.73. The van der Waals surface area contributed by atoms with E-state index in [-0.39, 0.29) is 6.04 Å². The largest absolute Gasteiger partial charge is 0.416 e. The van der Waals surface area contributed by atoms with Gasteiger partial charge in [-0.1, -0.05) is 12.6 Å². The molecule has 1 heterocycles. The van der Waals surface area contributed by atoms with Crippen LogP contribution >= 0.6 is 0 Å². The molecule has 1 aromatic carbocycles. The molecular formula is C15H19F3N2O. The van der Waals surface area contributed by atoms with Gasteiger partial charge in [0.05, 0.1) is 5.56 Å². The van der Waals surface area contributed by atoms with Crippen LogP contribution < -0.4 is 5.32 Å². The molecule has 3 nitrogen and oxygen atoms in total. The lowest BCUT2D eigenvalue weighted by molar-refractivity contribution is -0.137. The van der Waals surface area contributed by atoms with E-state index < -0.39 is 18.0 Å². The Labute approximate surface area is 122 Å². The molecule has 0 aliphatic carbocycles. The topological polar surface area (TPSA) is 35.5 Å². The minimum absolute atomic E-state index is 0.0155. The maximum absolute atomic E-state index is 12.7. The number of nitrogens with zero attached hydrogens (tertiary/aromatic N) is 1. The third-order valence-corrected chi connectivity index (χ3v) is 3.73. The zero-order valence-electron chi connectivity index (χ0n) is 11.8. The highest BCUT2D eigenvalue weighted by Gasteiger charge is 2.31. The molecular weight excluding hydrogens is 281 g/mol. The smallest absolute Gasteiger partial charge is 0.381 e. The normalized spacial score (nSPS) is 21.3. The molecule has 116 valence electrons. The van der Waals surface area contributed by atoms with Gasteiger partial charge in [-0.15, -0.1) is 0 Å². The van der Waals surface area contributed by atoms with Gasteiger partial charge in [0, 0.05) is 24.8 Å². The van der Waals surface area contributed by atoms with Crippen molar-refractivity contribution in [3.63, 3.8) is 0 Å². The Morgan fingerprint density at radius 1 is 1.48 bits per heavy atom. The van der Waals surface area contributed by atoms with E-state index in [1.54, 1.807) is 6.92 Å². The fraction of sp³-hybridized carbons (Fsp3) is 0.467. The predicted octanol–water partition coefficient (Wildman–Crippen LogP) is 3.00. The zero-order valence-corrected chi connectivity index (χ0v) is 11.8. The SMILES string of the molecule is C=CC(O)N1CC[C@H](Nc2cc(C(F)(F)F)ccc2C)C1. The van der Waals surface area contributed by atoms with Crippen molar-refractivity contribution in [2.24, 2.45) is 0 Å². The maximum Gasteiger partial charge on any atom is 0.416 e. The molecule has 2 rings (SSSR count). The van der Waals surface area contributed by atoms with E-state index in [4.69, 9.17) is 0 Å². The summed E-state index contributed by atoms with van der Waals surface area (Å²) in [4.78, 5) is 1.83. The predicted molar refractivity (Wildman–Crippen MR) is 76.0 cm³/mol. The highest BCUT2D eigenvalue weighted by molar-refractivity contribution is 5.54. The number of likely N-dealkylation sites (tertiary alicyclic amines) is 1. The monoisotopic (exact) mass is 300 g/mol. The summed E-state index contributed by atoms with van der Waals surface area (Å²) in [5.74, 6) is 0. The highest BCUT2D eigenvalue weighted by Crippen LogP contribution is 2.32. The molecule has 1 unspecified atom stereocenters. The second kappa shape index (κ2) is 6.07. The number of hydrogen-bond donors (Lipinski definition) is 2. The van der Waals surface area contributed by atoms with Crippen LogP contribution in [-0.2, 0) is 6.18 Å². The molecule has 6 heteroatoms. The summed E-state index contributed by atoms with van der Waals surface area (Å²) in [7, 11) is 0. The van der Waals surface area contributed by atoms with Crippen LogP contribution in [0.15, 0.2) is 30.9 Å². The number of benzene rings is 1. The van der Waals surface area contributed by atoms with E-state index in [2.05, 4.69) is 11.9 Å². The average molecular weight is 300 g/mol. The van der Waals surface area contributed by atoms with Crippen LogP contribution in [0.5, 0.6) is 0 Å². The van der Waals surface area contributed by atoms with Gasteiger partial charge in [0.15, 0.2) is 0 Å².